The van der Waals surface area contributed by atoms with Crippen LogP contribution in [0.25, 0.3) is 0 Å². The van der Waals surface area contributed by atoms with Gasteiger partial charge in [0, 0.05) is 6.61 Å². The molecule has 0 bridgehead atoms. The molecule has 1 unspecified atom stereocenters. The largest absolute Gasteiger partial charge is 0.380 e. The third kappa shape index (κ3) is 2.45. The monoisotopic (exact) mass is 219 g/mol. The van der Waals surface area contributed by atoms with Gasteiger partial charge in [0.2, 0.25) is 0 Å². The van der Waals surface area contributed by atoms with Crippen molar-refractivity contribution in [2.75, 3.05) is 13.2 Å². The Labute approximate surface area is 97.8 Å². The Morgan fingerprint density at radius 3 is 2.75 bits per heavy atom. The first-order chi connectivity index (χ1) is 7.83. The van der Waals surface area contributed by atoms with Crippen molar-refractivity contribution in [2.45, 2.75) is 38.1 Å². The summed E-state index contributed by atoms with van der Waals surface area (Å²) >= 11 is 0. The Morgan fingerprint density at radius 1 is 1.38 bits per heavy atom. The van der Waals surface area contributed by atoms with E-state index in [1.807, 2.05) is 6.92 Å². The molecule has 88 valence electrons. The number of benzene rings is 1. The van der Waals surface area contributed by atoms with E-state index >= 15 is 0 Å². The van der Waals surface area contributed by atoms with Gasteiger partial charge < -0.3 is 10.5 Å². The number of nitrogens with two attached hydrogens (primary N) is 1. The van der Waals surface area contributed by atoms with Gasteiger partial charge in [0.15, 0.2) is 0 Å². The van der Waals surface area contributed by atoms with Gasteiger partial charge in [0.05, 0.1) is 12.6 Å². The standard InChI is InChI=1S/C14H21NO/c1-2-16-10-14(15)13-9-4-3-8-12(13)11-6-5-7-11/h3-4,8-9,11,14H,2,5-7,10,15H2,1H3. The van der Waals surface area contributed by atoms with Crippen LogP contribution < -0.4 is 5.73 Å². The van der Waals surface area contributed by atoms with E-state index in [4.69, 9.17) is 10.5 Å². The first-order valence-electron chi connectivity index (χ1n) is 6.25. The number of ether oxygens (including phenoxy) is 1. The Bertz CT molecular complexity index is 333. The Kier molecular flexibility index (Phi) is 3.97. The molecule has 1 fully saturated rings. The molecule has 1 atom stereocenters. The number of hydrogen-bond acceptors (Lipinski definition) is 2. The zero-order chi connectivity index (χ0) is 11.4. The normalized spacial score (nSPS) is 18.1. The van der Waals surface area contributed by atoms with E-state index in [1.54, 1.807) is 0 Å². The summed E-state index contributed by atoms with van der Waals surface area (Å²) in [7, 11) is 0. The zero-order valence-corrected chi connectivity index (χ0v) is 9.99. The van der Waals surface area contributed by atoms with E-state index in [0.717, 1.165) is 12.5 Å². The SMILES string of the molecule is CCOCC(N)c1ccccc1C1CCC1. The van der Waals surface area contributed by atoms with Crippen LogP contribution in [0.4, 0.5) is 0 Å². The smallest absolute Gasteiger partial charge is 0.0659 e. The Morgan fingerprint density at radius 2 is 2.12 bits per heavy atom. The lowest BCUT2D eigenvalue weighted by molar-refractivity contribution is 0.133. The fourth-order valence-electron chi connectivity index (χ4n) is 2.27. The molecular formula is C14H21NO. The molecule has 2 N–H and O–H groups in total. The highest BCUT2D eigenvalue weighted by Crippen LogP contribution is 2.39. The maximum absolute atomic E-state index is 6.17. The summed E-state index contributed by atoms with van der Waals surface area (Å²) in [5.74, 6) is 0.740. The van der Waals surface area contributed by atoms with Crippen molar-refractivity contribution in [3.63, 3.8) is 0 Å². The second-order valence-corrected chi connectivity index (χ2v) is 4.52. The molecule has 1 aliphatic rings. The lowest BCUT2D eigenvalue weighted by Crippen LogP contribution is -2.21. The minimum atomic E-state index is 0.0248. The molecule has 0 saturated heterocycles. The van der Waals surface area contributed by atoms with Gasteiger partial charge in [-0.05, 0) is 36.8 Å². The zero-order valence-electron chi connectivity index (χ0n) is 9.99. The molecule has 1 aromatic carbocycles. The predicted octanol–water partition coefficient (Wildman–Crippen LogP) is 2.99. The molecule has 16 heavy (non-hydrogen) atoms. The van der Waals surface area contributed by atoms with Crippen LogP contribution in [-0.2, 0) is 4.74 Å². The molecule has 0 heterocycles. The quantitative estimate of drug-likeness (QED) is 0.826. The van der Waals surface area contributed by atoms with Crippen LogP contribution in [0.5, 0.6) is 0 Å². The van der Waals surface area contributed by atoms with E-state index in [1.165, 1.54) is 30.4 Å². The predicted molar refractivity (Wildman–Crippen MR) is 66.5 cm³/mol. The Hall–Kier alpha value is -0.860. The van der Waals surface area contributed by atoms with Gasteiger partial charge in [0.25, 0.3) is 0 Å². The van der Waals surface area contributed by atoms with Crippen LogP contribution in [0.2, 0.25) is 0 Å². The minimum Gasteiger partial charge on any atom is -0.380 e. The van der Waals surface area contributed by atoms with Gasteiger partial charge in [-0.25, -0.2) is 0 Å². The first kappa shape index (κ1) is 11.6. The second-order valence-electron chi connectivity index (χ2n) is 4.52. The van der Waals surface area contributed by atoms with Crippen LogP contribution in [0.15, 0.2) is 24.3 Å². The lowest BCUT2D eigenvalue weighted by atomic mass is 9.77. The average molecular weight is 219 g/mol. The van der Waals surface area contributed by atoms with Crippen molar-refractivity contribution in [1.82, 2.24) is 0 Å². The summed E-state index contributed by atoms with van der Waals surface area (Å²) in [5.41, 5.74) is 8.90. The molecule has 1 aromatic rings. The van der Waals surface area contributed by atoms with Gasteiger partial charge in [0.1, 0.15) is 0 Å². The maximum atomic E-state index is 6.17. The molecule has 0 radical (unpaired) electrons. The summed E-state index contributed by atoms with van der Waals surface area (Å²) in [6.45, 7) is 3.37. The van der Waals surface area contributed by atoms with Gasteiger partial charge in [-0.15, -0.1) is 0 Å². The average Bonchev–Trinajstić information content (AvgIpc) is 2.24. The highest BCUT2D eigenvalue weighted by atomic mass is 16.5. The van der Waals surface area contributed by atoms with Crippen molar-refractivity contribution >= 4 is 0 Å². The molecule has 0 aliphatic heterocycles. The molecule has 2 rings (SSSR count). The van der Waals surface area contributed by atoms with Gasteiger partial charge in [-0.2, -0.15) is 0 Å². The van der Waals surface area contributed by atoms with Crippen molar-refractivity contribution < 1.29 is 4.74 Å². The number of rotatable bonds is 5. The molecule has 2 heteroatoms. The van der Waals surface area contributed by atoms with Crippen molar-refractivity contribution in [3.05, 3.63) is 35.4 Å². The number of hydrogen-bond donors (Lipinski definition) is 1. The van der Waals surface area contributed by atoms with Crippen molar-refractivity contribution in [3.8, 4) is 0 Å². The van der Waals surface area contributed by atoms with Crippen LogP contribution in [-0.4, -0.2) is 13.2 Å². The maximum Gasteiger partial charge on any atom is 0.0659 e. The second kappa shape index (κ2) is 5.46. The van der Waals surface area contributed by atoms with Gasteiger partial charge >= 0.3 is 0 Å². The van der Waals surface area contributed by atoms with Crippen molar-refractivity contribution in [1.29, 1.82) is 0 Å². The molecule has 0 amide bonds. The topological polar surface area (TPSA) is 35.2 Å². The highest BCUT2D eigenvalue weighted by Gasteiger charge is 2.23. The highest BCUT2D eigenvalue weighted by molar-refractivity contribution is 5.34. The molecule has 0 spiro atoms. The van der Waals surface area contributed by atoms with Crippen molar-refractivity contribution in [2.24, 2.45) is 5.73 Å². The van der Waals surface area contributed by atoms with E-state index in [9.17, 15) is 0 Å². The summed E-state index contributed by atoms with van der Waals surface area (Å²) in [6.07, 6.45) is 4.00. The summed E-state index contributed by atoms with van der Waals surface area (Å²) in [5, 5.41) is 0. The van der Waals surface area contributed by atoms with E-state index in [-0.39, 0.29) is 6.04 Å². The third-order valence-corrected chi connectivity index (χ3v) is 3.44. The fraction of sp³-hybridized carbons (Fsp3) is 0.571. The van der Waals surface area contributed by atoms with Crippen LogP contribution in [0.3, 0.4) is 0 Å². The molecule has 2 nitrogen and oxygen atoms in total. The summed E-state index contributed by atoms with van der Waals surface area (Å²) < 4.78 is 5.41. The molecule has 1 aliphatic carbocycles. The fourth-order valence-corrected chi connectivity index (χ4v) is 2.27. The van der Waals surface area contributed by atoms with E-state index in [2.05, 4.69) is 24.3 Å². The lowest BCUT2D eigenvalue weighted by Gasteiger charge is -2.29. The molecule has 0 aromatic heterocycles. The third-order valence-electron chi connectivity index (χ3n) is 3.44. The van der Waals surface area contributed by atoms with Gasteiger partial charge in [-0.3, -0.25) is 0 Å². The summed E-state index contributed by atoms with van der Waals surface area (Å²) in [6, 6.07) is 8.59. The first-order valence-corrected chi connectivity index (χ1v) is 6.25. The molecular weight excluding hydrogens is 198 g/mol. The van der Waals surface area contributed by atoms with E-state index < -0.39 is 0 Å². The van der Waals surface area contributed by atoms with Crippen LogP contribution in [0, 0.1) is 0 Å². The molecule has 1 saturated carbocycles. The Balaban J connectivity index is 2.11. The van der Waals surface area contributed by atoms with E-state index in [0.29, 0.717) is 6.61 Å². The summed E-state index contributed by atoms with van der Waals surface area (Å²) in [4.78, 5) is 0. The van der Waals surface area contributed by atoms with Crippen LogP contribution >= 0.6 is 0 Å². The van der Waals surface area contributed by atoms with Crippen LogP contribution in [0.1, 0.15) is 49.3 Å². The minimum absolute atomic E-state index is 0.0248. The van der Waals surface area contributed by atoms with Gasteiger partial charge in [-0.1, -0.05) is 30.7 Å².